The van der Waals surface area contributed by atoms with E-state index in [-0.39, 0.29) is 0 Å². The van der Waals surface area contributed by atoms with Crippen LogP contribution in [0.15, 0.2) is 75.6 Å². The number of hydrogen-bond acceptors (Lipinski definition) is 6. The molecule has 0 radical (unpaired) electrons. The predicted octanol–water partition coefficient (Wildman–Crippen LogP) is 7.28. The maximum absolute atomic E-state index is 12.4. The van der Waals surface area contributed by atoms with E-state index in [4.69, 9.17) is 26.1 Å². The fraction of sp³-hybridized carbons (Fsp3) is 0.0435. The molecule has 0 saturated heterocycles. The quantitative estimate of drug-likeness (QED) is 0.125. The molecule has 0 spiro atoms. The number of rotatable bonds is 5. The van der Waals surface area contributed by atoms with Crippen molar-refractivity contribution in [1.82, 2.24) is 0 Å². The molecule has 1 heterocycles. The van der Waals surface area contributed by atoms with Crippen LogP contribution in [0.1, 0.15) is 5.56 Å². The van der Waals surface area contributed by atoms with E-state index in [0.29, 0.717) is 15.4 Å². The van der Waals surface area contributed by atoms with Crippen molar-refractivity contribution in [2.24, 2.45) is 0 Å². The van der Waals surface area contributed by atoms with E-state index in [1.54, 1.807) is 25.3 Å². The van der Waals surface area contributed by atoms with Crippen LogP contribution < -0.4 is 9.47 Å². The summed E-state index contributed by atoms with van der Waals surface area (Å²) in [6.45, 7) is 0. The zero-order chi connectivity index (χ0) is 21.1. The van der Waals surface area contributed by atoms with Gasteiger partial charge in [0.2, 0.25) is 4.02 Å². The first-order chi connectivity index (χ1) is 14.5. The van der Waals surface area contributed by atoms with Crippen molar-refractivity contribution in [3.8, 4) is 22.6 Å². The fourth-order valence-corrected chi connectivity index (χ4v) is 4.23. The zero-order valence-electron chi connectivity index (χ0n) is 15.8. The number of esters is 1. The van der Waals surface area contributed by atoms with Crippen LogP contribution in [0, 0.1) is 4.02 Å². The largest absolute Gasteiger partial charge is 0.497 e. The van der Waals surface area contributed by atoms with Crippen molar-refractivity contribution >= 4 is 61.8 Å². The van der Waals surface area contributed by atoms with Crippen LogP contribution in [0.25, 0.3) is 27.5 Å². The van der Waals surface area contributed by atoms with Crippen molar-refractivity contribution in [3.05, 3.63) is 80.8 Å². The van der Waals surface area contributed by atoms with Gasteiger partial charge in [-0.25, -0.2) is 4.79 Å². The molecule has 0 N–H and O–H groups in total. The lowest BCUT2D eigenvalue weighted by Crippen LogP contribution is -2.03. The van der Waals surface area contributed by atoms with Gasteiger partial charge in [-0.1, -0.05) is 51.5 Å². The summed E-state index contributed by atoms with van der Waals surface area (Å²) in [5.41, 5.74) is 3.30. The molecular formula is C23H15BrO4S2. The molecular weight excluding hydrogens is 484 g/mol. The lowest BCUT2D eigenvalue weighted by atomic mass is 10.0. The summed E-state index contributed by atoms with van der Waals surface area (Å²) in [5, 5.41) is 0. The van der Waals surface area contributed by atoms with E-state index in [0.717, 1.165) is 31.6 Å². The van der Waals surface area contributed by atoms with Gasteiger partial charge in [0.25, 0.3) is 0 Å². The van der Waals surface area contributed by atoms with Gasteiger partial charge in [0.1, 0.15) is 11.5 Å². The van der Waals surface area contributed by atoms with Crippen LogP contribution in [0.5, 0.6) is 11.5 Å². The van der Waals surface area contributed by atoms with Crippen molar-refractivity contribution in [3.63, 3.8) is 0 Å². The molecule has 30 heavy (non-hydrogen) atoms. The third-order valence-corrected chi connectivity index (χ3v) is 5.94. The molecule has 0 amide bonds. The summed E-state index contributed by atoms with van der Waals surface area (Å²) in [4.78, 5) is 12.4. The maximum Gasteiger partial charge on any atom is 0.336 e. The fourth-order valence-electron chi connectivity index (χ4n) is 2.88. The Morgan fingerprint density at radius 1 is 1.07 bits per heavy atom. The highest BCUT2D eigenvalue weighted by Gasteiger charge is 2.13. The highest BCUT2D eigenvalue weighted by atomic mass is 79.9. The summed E-state index contributed by atoms with van der Waals surface area (Å²) in [7, 11) is 1.61. The normalized spacial score (nSPS) is 11.1. The number of ether oxygens (including phenoxy) is 2. The topological polar surface area (TPSA) is 48.7 Å². The van der Waals surface area contributed by atoms with E-state index in [2.05, 4.69) is 15.9 Å². The van der Waals surface area contributed by atoms with Gasteiger partial charge in [0.05, 0.1) is 11.8 Å². The Kier molecular flexibility index (Phi) is 6.13. The van der Waals surface area contributed by atoms with Crippen LogP contribution in [0.2, 0.25) is 0 Å². The first-order valence-corrected chi connectivity index (χ1v) is 10.9. The van der Waals surface area contributed by atoms with E-state index >= 15 is 0 Å². The molecule has 1 aromatic heterocycles. The highest BCUT2D eigenvalue weighted by molar-refractivity contribution is 9.10. The van der Waals surface area contributed by atoms with Gasteiger partial charge in [0.15, 0.2) is 5.58 Å². The minimum Gasteiger partial charge on any atom is -0.497 e. The molecule has 0 unspecified atom stereocenters. The van der Waals surface area contributed by atoms with Crippen molar-refractivity contribution < 1.29 is 18.7 Å². The Morgan fingerprint density at radius 3 is 2.50 bits per heavy atom. The summed E-state index contributed by atoms with van der Waals surface area (Å²) < 4.78 is 18.6. The molecule has 0 atom stereocenters. The maximum atomic E-state index is 12.4. The predicted molar refractivity (Wildman–Crippen MR) is 126 cm³/mol. The minimum absolute atomic E-state index is 0.422. The van der Waals surface area contributed by atoms with E-state index < -0.39 is 5.97 Å². The first-order valence-electron chi connectivity index (χ1n) is 8.89. The summed E-state index contributed by atoms with van der Waals surface area (Å²) in [6.07, 6.45) is 3.08. The Morgan fingerprint density at radius 2 is 1.80 bits per heavy atom. The molecule has 3 aromatic carbocycles. The monoisotopic (exact) mass is 498 g/mol. The standard InChI is InChI=1S/C23H15BrO4S2/c1-26-17-9-2-14(3-10-17)4-11-21(25)27-18-12-19(15-5-7-16(24)8-6-15)22-20(13-18)30-23(29)28-22/h2-13H,1H3/b11-4+. The minimum atomic E-state index is -0.473. The van der Waals surface area contributed by atoms with Gasteiger partial charge in [-0.3, -0.25) is 0 Å². The SMILES string of the molecule is COc1ccc(/C=C/C(=O)Oc2cc(-c3ccc(Br)cc3)c3oc(=S)sc3c2)cc1. The van der Waals surface area contributed by atoms with Crippen molar-refractivity contribution in [1.29, 1.82) is 0 Å². The molecule has 0 aliphatic heterocycles. The molecule has 150 valence electrons. The summed E-state index contributed by atoms with van der Waals surface area (Å²) in [6, 6.07) is 18.7. The highest BCUT2D eigenvalue weighted by Crippen LogP contribution is 2.37. The Balaban J connectivity index is 1.62. The molecule has 0 aliphatic carbocycles. The second-order valence-electron chi connectivity index (χ2n) is 6.29. The molecule has 7 heteroatoms. The molecule has 4 aromatic rings. The first kappa shape index (κ1) is 20.5. The van der Waals surface area contributed by atoms with Gasteiger partial charge in [-0.05, 0) is 59.8 Å². The van der Waals surface area contributed by atoms with Gasteiger partial charge in [0, 0.05) is 22.2 Å². The van der Waals surface area contributed by atoms with Gasteiger partial charge in [-0.2, -0.15) is 0 Å². The molecule has 0 aliphatic rings. The van der Waals surface area contributed by atoms with Crippen LogP contribution in [0.3, 0.4) is 0 Å². The Hall–Kier alpha value is -2.74. The molecule has 4 nitrogen and oxygen atoms in total. The summed E-state index contributed by atoms with van der Waals surface area (Å²) in [5.74, 6) is 0.710. The second kappa shape index (κ2) is 8.95. The van der Waals surface area contributed by atoms with Crippen molar-refractivity contribution in [2.45, 2.75) is 0 Å². The number of benzene rings is 3. The number of hydrogen-bond donors (Lipinski definition) is 0. The third kappa shape index (κ3) is 4.70. The summed E-state index contributed by atoms with van der Waals surface area (Å²) >= 11 is 9.98. The molecule has 0 bridgehead atoms. The van der Waals surface area contributed by atoms with Crippen LogP contribution >= 0.6 is 39.5 Å². The van der Waals surface area contributed by atoms with E-state index in [9.17, 15) is 4.79 Å². The molecule has 4 rings (SSSR count). The van der Waals surface area contributed by atoms with Crippen LogP contribution in [-0.4, -0.2) is 13.1 Å². The molecule has 0 saturated carbocycles. The Bertz CT molecular complexity index is 1290. The Labute approximate surface area is 190 Å². The van der Waals surface area contributed by atoms with Gasteiger partial charge >= 0.3 is 5.97 Å². The number of fused-ring (bicyclic) bond motifs is 1. The van der Waals surface area contributed by atoms with Crippen LogP contribution in [-0.2, 0) is 4.79 Å². The van der Waals surface area contributed by atoms with Crippen molar-refractivity contribution in [2.75, 3.05) is 7.11 Å². The number of carbonyl (C=O) groups is 1. The smallest absolute Gasteiger partial charge is 0.336 e. The lowest BCUT2D eigenvalue weighted by Gasteiger charge is -2.07. The van der Waals surface area contributed by atoms with Gasteiger partial charge < -0.3 is 13.9 Å². The number of methoxy groups -OCH3 is 1. The van der Waals surface area contributed by atoms with Gasteiger partial charge in [-0.15, -0.1) is 0 Å². The lowest BCUT2D eigenvalue weighted by molar-refractivity contribution is -0.128. The van der Waals surface area contributed by atoms with E-state index in [1.807, 2.05) is 48.5 Å². The number of halogens is 1. The zero-order valence-corrected chi connectivity index (χ0v) is 19.0. The number of carbonyl (C=O) groups excluding carboxylic acids is 1. The molecule has 0 fully saturated rings. The van der Waals surface area contributed by atoms with E-state index in [1.165, 1.54) is 17.4 Å². The second-order valence-corrected chi connectivity index (χ2v) is 8.85. The average molecular weight is 499 g/mol. The van der Waals surface area contributed by atoms with Crippen LogP contribution in [0.4, 0.5) is 0 Å². The average Bonchev–Trinajstić information content (AvgIpc) is 3.12. The third-order valence-electron chi connectivity index (χ3n) is 4.31.